The third-order valence-corrected chi connectivity index (χ3v) is 5.39. The average Bonchev–Trinajstić information content (AvgIpc) is 3.04. The Morgan fingerprint density at radius 3 is 2.67 bits per heavy atom. The largest absolute Gasteiger partial charge is 0.378 e. The van der Waals surface area contributed by atoms with Gasteiger partial charge in [0.2, 0.25) is 5.95 Å². The van der Waals surface area contributed by atoms with E-state index in [9.17, 15) is 0 Å². The van der Waals surface area contributed by atoms with E-state index in [4.69, 9.17) is 4.74 Å². The van der Waals surface area contributed by atoms with Crippen LogP contribution in [0.1, 0.15) is 18.5 Å². The fraction of sp³-hybridized carbons (Fsp3) is 0.333. The quantitative estimate of drug-likeness (QED) is 0.753. The standard InChI is InChI=1S/C21H23N5O.H2/c1-15-7-16(17-10-25(11-17)20-12-27-13-20)9-18(8-15)23-21-22-14-26(24-21)19-5-3-2-4-6-19;/h2-9,14,17,20H,10-13H2,1H3,(H,23,24);1H. The molecule has 0 spiro atoms. The highest BCUT2D eigenvalue weighted by Gasteiger charge is 2.36. The molecule has 3 aromatic rings. The highest BCUT2D eigenvalue weighted by Crippen LogP contribution is 2.32. The lowest BCUT2D eigenvalue weighted by atomic mass is 9.88. The Kier molecular flexibility index (Phi) is 4.14. The van der Waals surface area contributed by atoms with E-state index in [1.54, 1.807) is 11.0 Å². The van der Waals surface area contributed by atoms with Crippen molar-refractivity contribution in [3.05, 3.63) is 66.0 Å². The summed E-state index contributed by atoms with van der Waals surface area (Å²) in [5.74, 6) is 1.21. The zero-order valence-corrected chi connectivity index (χ0v) is 15.4. The Hall–Kier alpha value is -2.70. The summed E-state index contributed by atoms with van der Waals surface area (Å²) in [6.45, 7) is 6.17. The highest BCUT2D eigenvalue weighted by molar-refractivity contribution is 5.56. The van der Waals surface area contributed by atoms with Crippen LogP contribution in [0, 0.1) is 6.92 Å². The maximum atomic E-state index is 5.30. The van der Waals surface area contributed by atoms with E-state index >= 15 is 0 Å². The van der Waals surface area contributed by atoms with Crippen molar-refractivity contribution in [2.24, 2.45) is 0 Å². The van der Waals surface area contributed by atoms with Gasteiger partial charge in [-0.05, 0) is 42.3 Å². The molecule has 3 heterocycles. The maximum absolute atomic E-state index is 5.30. The van der Waals surface area contributed by atoms with Crippen molar-refractivity contribution in [3.63, 3.8) is 0 Å². The molecule has 2 aromatic carbocycles. The monoisotopic (exact) mass is 363 g/mol. The number of nitrogens with zero attached hydrogens (tertiary/aromatic N) is 4. The zero-order valence-electron chi connectivity index (χ0n) is 15.4. The second kappa shape index (κ2) is 6.79. The first kappa shape index (κ1) is 16.5. The summed E-state index contributed by atoms with van der Waals surface area (Å²) in [6, 6.07) is 17.3. The minimum Gasteiger partial charge on any atom is -0.378 e. The fourth-order valence-electron chi connectivity index (χ4n) is 3.73. The summed E-state index contributed by atoms with van der Waals surface area (Å²) in [6.07, 6.45) is 1.73. The highest BCUT2D eigenvalue weighted by atomic mass is 16.5. The van der Waals surface area contributed by atoms with Crippen molar-refractivity contribution in [2.45, 2.75) is 18.9 Å². The van der Waals surface area contributed by atoms with E-state index < -0.39 is 0 Å². The van der Waals surface area contributed by atoms with E-state index in [-0.39, 0.29) is 1.43 Å². The number of aryl methyl sites for hydroxylation is 1. The van der Waals surface area contributed by atoms with Gasteiger partial charge in [0.1, 0.15) is 6.33 Å². The Bertz CT molecular complexity index is 935. The Morgan fingerprint density at radius 2 is 1.93 bits per heavy atom. The molecule has 2 saturated heterocycles. The molecular formula is C21H25N5O. The molecule has 0 saturated carbocycles. The van der Waals surface area contributed by atoms with Crippen molar-refractivity contribution in [2.75, 3.05) is 31.6 Å². The van der Waals surface area contributed by atoms with Gasteiger partial charge in [-0.3, -0.25) is 4.90 Å². The molecule has 0 bridgehead atoms. The van der Waals surface area contributed by atoms with Crippen LogP contribution in [-0.4, -0.2) is 52.0 Å². The van der Waals surface area contributed by atoms with E-state index in [1.165, 1.54) is 11.1 Å². The molecule has 0 radical (unpaired) electrons. The number of hydrogen-bond acceptors (Lipinski definition) is 5. The van der Waals surface area contributed by atoms with Crippen LogP contribution in [0.2, 0.25) is 0 Å². The minimum atomic E-state index is 0. The number of benzene rings is 2. The molecule has 27 heavy (non-hydrogen) atoms. The molecule has 140 valence electrons. The molecule has 1 N–H and O–H groups in total. The second-order valence-electron chi connectivity index (χ2n) is 7.45. The van der Waals surface area contributed by atoms with Gasteiger partial charge >= 0.3 is 0 Å². The summed E-state index contributed by atoms with van der Waals surface area (Å²) in [4.78, 5) is 6.92. The summed E-state index contributed by atoms with van der Waals surface area (Å²) in [5, 5.41) is 7.90. The molecule has 2 aliphatic rings. The predicted octanol–water partition coefficient (Wildman–Crippen LogP) is 3.36. The third kappa shape index (κ3) is 3.34. The fourth-order valence-corrected chi connectivity index (χ4v) is 3.73. The zero-order chi connectivity index (χ0) is 18.2. The first-order valence-corrected chi connectivity index (χ1v) is 9.42. The first-order chi connectivity index (χ1) is 13.2. The van der Waals surface area contributed by atoms with E-state index in [1.807, 2.05) is 30.3 Å². The number of nitrogens with one attached hydrogen (secondary N) is 1. The van der Waals surface area contributed by atoms with Gasteiger partial charge in [-0.25, -0.2) is 4.68 Å². The van der Waals surface area contributed by atoms with Crippen LogP contribution >= 0.6 is 0 Å². The Labute approximate surface area is 160 Å². The van der Waals surface area contributed by atoms with Gasteiger partial charge in [-0.2, -0.15) is 4.98 Å². The van der Waals surface area contributed by atoms with Crippen LogP contribution in [0.4, 0.5) is 11.6 Å². The van der Waals surface area contributed by atoms with Gasteiger partial charge in [0, 0.05) is 26.1 Å². The molecule has 6 nitrogen and oxygen atoms in total. The van der Waals surface area contributed by atoms with E-state index in [0.29, 0.717) is 17.9 Å². The smallest absolute Gasteiger partial charge is 0.246 e. The van der Waals surface area contributed by atoms with Gasteiger partial charge in [-0.15, -0.1) is 5.10 Å². The van der Waals surface area contributed by atoms with Crippen molar-refractivity contribution >= 4 is 11.6 Å². The molecule has 0 unspecified atom stereocenters. The summed E-state index contributed by atoms with van der Waals surface area (Å²) < 4.78 is 7.08. The van der Waals surface area contributed by atoms with Crippen molar-refractivity contribution in [1.29, 1.82) is 0 Å². The molecule has 0 aliphatic carbocycles. The summed E-state index contributed by atoms with van der Waals surface area (Å²) >= 11 is 0. The molecule has 6 heteroatoms. The van der Waals surface area contributed by atoms with Crippen molar-refractivity contribution < 1.29 is 6.16 Å². The van der Waals surface area contributed by atoms with Gasteiger partial charge in [0.15, 0.2) is 0 Å². The number of ether oxygens (including phenoxy) is 1. The molecule has 1 aromatic heterocycles. The Balaban J connectivity index is 0.00000192. The van der Waals surface area contributed by atoms with Crippen LogP contribution in [0.3, 0.4) is 0 Å². The van der Waals surface area contributed by atoms with Crippen LogP contribution in [-0.2, 0) is 4.74 Å². The number of hydrogen-bond donors (Lipinski definition) is 1. The van der Waals surface area contributed by atoms with E-state index in [2.05, 4.69) is 45.4 Å². The lowest BCUT2D eigenvalue weighted by molar-refractivity contribution is -0.0906. The van der Waals surface area contributed by atoms with Gasteiger partial charge in [0.05, 0.1) is 24.9 Å². The van der Waals surface area contributed by atoms with E-state index in [0.717, 1.165) is 37.7 Å². The van der Waals surface area contributed by atoms with Gasteiger partial charge in [-0.1, -0.05) is 24.3 Å². The third-order valence-electron chi connectivity index (χ3n) is 5.39. The molecule has 2 fully saturated rings. The molecular weight excluding hydrogens is 338 g/mol. The van der Waals surface area contributed by atoms with Gasteiger partial charge < -0.3 is 10.1 Å². The minimum absolute atomic E-state index is 0. The number of anilines is 2. The van der Waals surface area contributed by atoms with Gasteiger partial charge in [0.25, 0.3) is 0 Å². The Morgan fingerprint density at radius 1 is 1.11 bits per heavy atom. The molecule has 0 amide bonds. The molecule has 0 atom stereocenters. The van der Waals surface area contributed by atoms with Crippen molar-refractivity contribution in [1.82, 2.24) is 19.7 Å². The van der Waals surface area contributed by atoms with Crippen LogP contribution in [0.25, 0.3) is 5.69 Å². The lowest BCUT2D eigenvalue weighted by Crippen LogP contribution is -2.58. The summed E-state index contributed by atoms with van der Waals surface area (Å²) in [7, 11) is 0. The van der Waals surface area contributed by atoms with Crippen LogP contribution in [0.15, 0.2) is 54.9 Å². The maximum Gasteiger partial charge on any atom is 0.246 e. The van der Waals surface area contributed by atoms with Crippen LogP contribution in [0.5, 0.6) is 0 Å². The first-order valence-electron chi connectivity index (χ1n) is 9.42. The summed E-state index contributed by atoms with van der Waals surface area (Å²) in [5.41, 5.74) is 4.68. The topological polar surface area (TPSA) is 55.2 Å². The normalized spacial score (nSPS) is 18.1. The predicted molar refractivity (Wildman–Crippen MR) is 107 cm³/mol. The number of likely N-dealkylation sites (tertiary alicyclic amines) is 1. The lowest BCUT2D eigenvalue weighted by Gasteiger charge is -2.47. The number of rotatable bonds is 5. The second-order valence-corrected chi connectivity index (χ2v) is 7.45. The molecule has 5 rings (SSSR count). The SMILES string of the molecule is Cc1cc(Nc2ncn(-c3ccccc3)n2)cc(C2CN(C3COC3)C2)c1.[HH]. The van der Waals surface area contributed by atoms with Crippen LogP contribution < -0.4 is 5.32 Å². The molecule has 2 aliphatic heterocycles. The van der Waals surface area contributed by atoms with Crippen molar-refractivity contribution in [3.8, 4) is 5.69 Å². The average molecular weight is 363 g/mol. The number of para-hydroxylation sites is 1. The number of aromatic nitrogens is 3.